The van der Waals surface area contributed by atoms with Crippen LogP contribution in [0.1, 0.15) is 30.6 Å². The zero-order valence-corrected chi connectivity index (χ0v) is 10.7. The van der Waals surface area contributed by atoms with Gasteiger partial charge in [-0.3, -0.25) is 4.79 Å². The molecule has 0 aliphatic heterocycles. The first-order chi connectivity index (χ1) is 7.89. The first kappa shape index (κ1) is 13.4. The van der Waals surface area contributed by atoms with E-state index in [2.05, 4.69) is 5.32 Å². The molecule has 4 nitrogen and oxygen atoms in total. The van der Waals surface area contributed by atoms with Crippen LogP contribution in [0.15, 0.2) is 24.3 Å². The van der Waals surface area contributed by atoms with Crippen molar-refractivity contribution in [1.82, 2.24) is 5.32 Å². The van der Waals surface area contributed by atoms with Crippen LogP contribution in [0.5, 0.6) is 5.75 Å². The second-order valence-electron chi connectivity index (χ2n) is 4.05. The van der Waals surface area contributed by atoms with Crippen LogP contribution >= 0.6 is 12.2 Å². The number of rotatable bonds is 4. The smallest absolute Gasteiger partial charge is 0.252 e. The maximum atomic E-state index is 11.9. The molecule has 1 rings (SSSR count). The molecule has 1 unspecified atom stereocenters. The maximum absolute atomic E-state index is 11.9. The number of carbonyl (C=O) groups is 1. The van der Waals surface area contributed by atoms with E-state index in [-0.39, 0.29) is 16.6 Å². The zero-order chi connectivity index (χ0) is 13.1. The van der Waals surface area contributed by atoms with Gasteiger partial charge in [-0.05, 0) is 37.6 Å². The number of benzene rings is 1. The highest BCUT2D eigenvalue weighted by Gasteiger charge is 2.27. The van der Waals surface area contributed by atoms with E-state index < -0.39 is 5.54 Å². The van der Waals surface area contributed by atoms with Gasteiger partial charge < -0.3 is 16.2 Å². The van der Waals surface area contributed by atoms with Crippen molar-refractivity contribution in [3.63, 3.8) is 0 Å². The maximum Gasteiger partial charge on any atom is 0.252 e. The van der Waals surface area contributed by atoms with Crippen molar-refractivity contribution in [2.24, 2.45) is 5.73 Å². The number of thiocarbonyl (C=S) groups is 1. The van der Waals surface area contributed by atoms with E-state index in [9.17, 15) is 4.79 Å². The summed E-state index contributed by atoms with van der Waals surface area (Å²) in [5, 5.41) is 11.9. The van der Waals surface area contributed by atoms with E-state index in [1.807, 2.05) is 6.92 Å². The summed E-state index contributed by atoms with van der Waals surface area (Å²) in [5.41, 5.74) is 5.38. The Hall–Kier alpha value is -1.62. The summed E-state index contributed by atoms with van der Waals surface area (Å²) in [6, 6.07) is 6.00. The Morgan fingerprint density at radius 3 is 2.41 bits per heavy atom. The van der Waals surface area contributed by atoms with Crippen LogP contribution in [-0.2, 0) is 0 Å². The average Bonchev–Trinajstić information content (AvgIpc) is 2.29. The van der Waals surface area contributed by atoms with E-state index in [1.165, 1.54) is 12.1 Å². The highest BCUT2D eigenvalue weighted by atomic mass is 32.1. The van der Waals surface area contributed by atoms with Crippen molar-refractivity contribution < 1.29 is 9.90 Å². The van der Waals surface area contributed by atoms with E-state index >= 15 is 0 Å². The molecule has 0 aliphatic carbocycles. The Kier molecular flexibility index (Phi) is 4.07. The SMILES string of the molecule is CCC(C)(NC(=O)c1ccc(O)cc1)C(N)=S. The summed E-state index contributed by atoms with van der Waals surface area (Å²) >= 11 is 4.94. The first-order valence-electron chi connectivity index (χ1n) is 5.30. The molecule has 0 bridgehead atoms. The molecule has 5 heteroatoms. The standard InChI is InChI=1S/C12H16N2O2S/c1-3-12(2,11(13)17)14-10(16)8-4-6-9(15)7-5-8/h4-7,15H,3H2,1-2H3,(H2,13,17)(H,14,16). The summed E-state index contributed by atoms with van der Waals surface area (Å²) in [4.78, 5) is 12.2. The van der Waals surface area contributed by atoms with Crippen LogP contribution in [0.25, 0.3) is 0 Å². The number of nitrogens with two attached hydrogens (primary N) is 1. The van der Waals surface area contributed by atoms with Crippen molar-refractivity contribution in [2.45, 2.75) is 25.8 Å². The fraction of sp³-hybridized carbons (Fsp3) is 0.333. The molecule has 1 amide bonds. The second kappa shape index (κ2) is 5.14. The third-order valence-corrected chi connectivity index (χ3v) is 3.22. The summed E-state index contributed by atoms with van der Waals surface area (Å²) in [6.45, 7) is 3.68. The van der Waals surface area contributed by atoms with Gasteiger partial charge in [-0.15, -0.1) is 0 Å². The van der Waals surface area contributed by atoms with E-state index in [0.29, 0.717) is 12.0 Å². The minimum Gasteiger partial charge on any atom is -0.508 e. The number of amides is 1. The Morgan fingerprint density at radius 2 is 2.00 bits per heavy atom. The molecule has 0 fully saturated rings. The number of phenolic OH excluding ortho intramolecular Hbond substituents is 1. The van der Waals surface area contributed by atoms with Crippen molar-refractivity contribution in [3.05, 3.63) is 29.8 Å². The summed E-state index contributed by atoms with van der Waals surface area (Å²) < 4.78 is 0. The molecule has 1 atom stereocenters. The first-order valence-corrected chi connectivity index (χ1v) is 5.71. The highest BCUT2D eigenvalue weighted by Crippen LogP contribution is 2.13. The highest BCUT2D eigenvalue weighted by molar-refractivity contribution is 7.80. The Labute approximate surface area is 106 Å². The quantitative estimate of drug-likeness (QED) is 0.711. The zero-order valence-electron chi connectivity index (χ0n) is 9.86. The lowest BCUT2D eigenvalue weighted by Gasteiger charge is -2.28. The number of carbonyl (C=O) groups excluding carboxylic acids is 1. The fourth-order valence-corrected chi connectivity index (χ4v) is 1.46. The molecule has 0 aliphatic rings. The van der Waals surface area contributed by atoms with E-state index in [4.69, 9.17) is 23.1 Å². The molecule has 0 radical (unpaired) electrons. The van der Waals surface area contributed by atoms with Gasteiger partial charge in [0.05, 0.1) is 10.5 Å². The molecule has 0 saturated carbocycles. The van der Waals surface area contributed by atoms with Gasteiger partial charge in [0.2, 0.25) is 0 Å². The van der Waals surface area contributed by atoms with Gasteiger partial charge in [-0.25, -0.2) is 0 Å². The predicted molar refractivity (Wildman–Crippen MR) is 71.1 cm³/mol. The summed E-state index contributed by atoms with van der Waals surface area (Å²) in [7, 11) is 0. The van der Waals surface area contributed by atoms with Crippen LogP contribution in [0.4, 0.5) is 0 Å². The number of hydrogen-bond acceptors (Lipinski definition) is 3. The van der Waals surface area contributed by atoms with E-state index in [0.717, 1.165) is 0 Å². The summed E-state index contributed by atoms with van der Waals surface area (Å²) in [6.07, 6.45) is 0.617. The largest absolute Gasteiger partial charge is 0.508 e. The van der Waals surface area contributed by atoms with Crippen molar-refractivity contribution in [2.75, 3.05) is 0 Å². The number of nitrogens with one attached hydrogen (secondary N) is 1. The molecular weight excluding hydrogens is 236 g/mol. The molecule has 0 saturated heterocycles. The van der Waals surface area contributed by atoms with Gasteiger partial charge in [0, 0.05) is 5.56 Å². The second-order valence-corrected chi connectivity index (χ2v) is 4.49. The summed E-state index contributed by atoms with van der Waals surface area (Å²) in [5.74, 6) is -0.142. The van der Waals surface area contributed by atoms with Crippen molar-refractivity contribution >= 4 is 23.1 Å². The van der Waals surface area contributed by atoms with Gasteiger partial charge in [-0.2, -0.15) is 0 Å². The van der Waals surface area contributed by atoms with Crippen LogP contribution in [0.2, 0.25) is 0 Å². The van der Waals surface area contributed by atoms with Crippen molar-refractivity contribution in [3.8, 4) is 5.75 Å². The van der Waals surface area contributed by atoms with Gasteiger partial charge >= 0.3 is 0 Å². The minimum absolute atomic E-state index is 0.120. The normalized spacial score (nSPS) is 13.8. The molecule has 92 valence electrons. The molecule has 0 spiro atoms. The molecule has 4 N–H and O–H groups in total. The van der Waals surface area contributed by atoms with Gasteiger partial charge in [-0.1, -0.05) is 19.1 Å². The van der Waals surface area contributed by atoms with Gasteiger partial charge in [0.25, 0.3) is 5.91 Å². The molecule has 1 aromatic carbocycles. The lowest BCUT2D eigenvalue weighted by molar-refractivity contribution is 0.0926. The lowest BCUT2D eigenvalue weighted by Crippen LogP contribution is -2.54. The van der Waals surface area contributed by atoms with Crippen LogP contribution < -0.4 is 11.1 Å². The minimum atomic E-state index is -0.690. The third kappa shape index (κ3) is 3.17. The van der Waals surface area contributed by atoms with Gasteiger partial charge in [0.1, 0.15) is 5.75 Å². The van der Waals surface area contributed by atoms with Crippen LogP contribution in [0.3, 0.4) is 0 Å². The topological polar surface area (TPSA) is 75.3 Å². The number of aromatic hydroxyl groups is 1. The van der Waals surface area contributed by atoms with Crippen molar-refractivity contribution in [1.29, 1.82) is 0 Å². The van der Waals surface area contributed by atoms with Gasteiger partial charge in [0.15, 0.2) is 0 Å². The predicted octanol–water partition coefficient (Wildman–Crippen LogP) is 1.58. The number of phenols is 1. The Morgan fingerprint density at radius 1 is 1.47 bits per heavy atom. The molecule has 0 heterocycles. The monoisotopic (exact) mass is 252 g/mol. The molecule has 17 heavy (non-hydrogen) atoms. The molecule has 1 aromatic rings. The molecule has 0 aromatic heterocycles. The third-order valence-electron chi connectivity index (χ3n) is 2.77. The average molecular weight is 252 g/mol. The fourth-order valence-electron chi connectivity index (χ4n) is 1.26. The Balaban J connectivity index is 2.85. The number of hydrogen-bond donors (Lipinski definition) is 3. The molecular formula is C12H16N2O2S. The lowest BCUT2D eigenvalue weighted by atomic mass is 9.98. The van der Waals surface area contributed by atoms with Crippen LogP contribution in [0, 0.1) is 0 Å². The Bertz CT molecular complexity index is 431. The van der Waals surface area contributed by atoms with E-state index in [1.54, 1.807) is 19.1 Å². The van der Waals surface area contributed by atoms with Crippen LogP contribution in [-0.4, -0.2) is 21.5 Å².